The van der Waals surface area contributed by atoms with E-state index in [1.807, 2.05) is 6.92 Å². The van der Waals surface area contributed by atoms with Crippen LogP contribution in [0.25, 0.3) is 0 Å². The SMILES string of the molecule is CCc1c(Cl)[nH]c(=O)n(CC2CCC(C)C2)c1=O. The van der Waals surface area contributed by atoms with Gasteiger partial charge in [0.25, 0.3) is 5.56 Å². The lowest BCUT2D eigenvalue weighted by atomic mass is 10.1. The van der Waals surface area contributed by atoms with Gasteiger partial charge in [0, 0.05) is 6.54 Å². The van der Waals surface area contributed by atoms with Crippen LogP contribution in [0, 0.1) is 11.8 Å². The van der Waals surface area contributed by atoms with E-state index < -0.39 is 0 Å². The van der Waals surface area contributed by atoms with E-state index in [0.717, 1.165) is 12.8 Å². The van der Waals surface area contributed by atoms with Crippen molar-refractivity contribution in [2.45, 2.75) is 46.1 Å². The summed E-state index contributed by atoms with van der Waals surface area (Å²) in [5.41, 5.74) is -0.116. The molecule has 1 saturated carbocycles. The number of rotatable bonds is 3. The molecule has 1 N–H and O–H groups in total. The summed E-state index contributed by atoms with van der Waals surface area (Å²) in [4.78, 5) is 26.5. The maximum atomic E-state index is 12.2. The number of hydrogen-bond donors (Lipinski definition) is 1. The molecule has 0 saturated heterocycles. The van der Waals surface area contributed by atoms with Gasteiger partial charge >= 0.3 is 5.69 Å². The van der Waals surface area contributed by atoms with Gasteiger partial charge in [0.05, 0.1) is 5.56 Å². The fraction of sp³-hybridized carbons (Fsp3) is 0.692. The molecule has 0 spiro atoms. The minimum Gasteiger partial charge on any atom is -0.297 e. The quantitative estimate of drug-likeness (QED) is 0.856. The first-order valence-electron chi connectivity index (χ1n) is 6.54. The van der Waals surface area contributed by atoms with Gasteiger partial charge in [-0.25, -0.2) is 4.79 Å². The molecule has 0 radical (unpaired) electrons. The summed E-state index contributed by atoms with van der Waals surface area (Å²) < 4.78 is 1.31. The van der Waals surface area contributed by atoms with Gasteiger partial charge in [-0.3, -0.25) is 14.3 Å². The van der Waals surface area contributed by atoms with Gasteiger partial charge in [0.15, 0.2) is 0 Å². The monoisotopic (exact) mass is 270 g/mol. The zero-order chi connectivity index (χ0) is 13.3. The molecule has 1 heterocycles. The van der Waals surface area contributed by atoms with Crippen LogP contribution in [0.3, 0.4) is 0 Å². The molecule has 0 aromatic carbocycles. The predicted molar refractivity (Wildman–Crippen MR) is 72.2 cm³/mol. The molecule has 18 heavy (non-hydrogen) atoms. The van der Waals surface area contributed by atoms with Gasteiger partial charge in [-0.15, -0.1) is 0 Å². The summed E-state index contributed by atoms with van der Waals surface area (Å²) >= 11 is 5.88. The lowest BCUT2D eigenvalue weighted by molar-refractivity contribution is 0.421. The Morgan fingerprint density at radius 3 is 2.67 bits per heavy atom. The molecule has 2 atom stereocenters. The van der Waals surface area contributed by atoms with Crippen LogP contribution in [0.1, 0.15) is 38.7 Å². The molecule has 0 bridgehead atoms. The van der Waals surface area contributed by atoms with Crippen LogP contribution in [0.15, 0.2) is 9.59 Å². The van der Waals surface area contributed by atoms with E-state index in [1.165, 1.54) is 11.0 Å². The van der Waals surface area contributed by atoms with Crippen molar-refractivity contribution in [3.05, 3.63) is 31.6 Å². The highest BCUT2D eigenvalue weighted by molar-refractivity contribution is 6.30. The van der Waals surface area contributed by atoms with E-state index in [0.29, 0.717) is 30.4 Å². The first-order valence-corrected chi connectivity index (χ1v) is 6.92. The summed E-state index contributed by atoms with van der Waals surface area (Å²) in [5.74, 6) is 1.13. The minimum absolute atomic E-state index is 0.184. The predicted octanol–water partition coefficient (Wildman–Crippen LogP) is 2.19. The van der Waals surface area contributed by atoms with E-state index in [2.05, 4.69) is 11.9 Å². The first-order chi connectivity index (χ1) is 8.52. The highest BCUT2D eigenvalue weighted by Crippen LogP contribution is 2.30. The highest BCUT2D eigenvalue weighted by atomic mass is 35.5. The second-order valence-corrected chi connectivity index (χ2v) is 5.65. The smallest absolute Gasteiger partial charge is 0.297 e. The molecule has 4 nitrogen and oxygen atoms in total. The van der Waals surface area contributed by atoms with Crippen molar-refractivity contribution in [2.75, 3.05) is 0 Å². The Balaban J connectivity index is 2.33. The maximum Gasteiger partial charge on any atom is 0.329 e. The molecular weight excluding hydrogens is 252 g/mol. The molecule has 2 unspecified atom stereocenters. The number of H-pyrrole nitrogens is 1. The van der Waals surface area contributed by atoms with Crippen LogP contribution in [0.4, 0.5) is 0 Å². The van der Waals surface area contributed by atoms with Crippen molar-refractivity contribution in [1.29, 1.82) is 0 Å². The van der Waals surface area contributed by atoms with E-state index >= 15 is 0 Å². The van der Waals surface area contributed by atoms with Crippen LogP contribution in [-0.4, -0.2) is 9.55 Å². The summed E-state index contributed by atoms with van der Waals surface area (Å²) in [5, 5.41) is 0.184. The molecule has 1 aromatic heterocycles. The third kappa shape index (κ3) is 2.53. The average Bonchev–Trinajstić information content (AvgIpc) is 2.70. The van der Waals surface area contributed by atoms with E-state index in [9.17, 15) is 9.59 Å². The van der Waals surface area contributed by atoms with Crippen LogP contribution in [-0.2, 0) is 13.0 Å². The number of aromatic amines is 1. The third-order valence-electron chi connectivity index (χ3n) is 3.83. The minimum atomic E-state index is -0.387. The summed E-state index contributed by atoms with van der Waals surface area (Å²) in [6.45, 7) is 4.60. The molecule has 1 aliphatic rings. The fourth-order valence-electron chi connectivity index (χ4n) is 2.81. The Bertz CT molecular complexity index is 547. The maximum absolute atomic E-state index is 12.2. The molecule has 1 aliphatic carbocycles. The van der Waals surface area contributed by atoms with Crippen LogP contribution in [0.5, 0.6) is 0 Å². The second-order valence-electron chi connectivity index (χ2n) is 5.28. The van der Waals surface area contributed by atoms with E-state index in [1.54, 1.807) is 0 Å². The molecule has 100 valence electrons. The Labute approximate surface area is 111 Å². The molecular formula is C13H19ClN2O2. The Morgan fingerprint density at radius 2 is 2.11 bits per heavy atom. The van der Waals surface area contributed by atoms with Gasteiger partial charge in [0.2, 0.25) is 0 Å². The molecule has 5 heteroatoms. The zero-order valence-electron chi connectivity index (χ0n) is 10.8. The number of hydrogen-bond acceptors (Lipinski definition) is 2. The van der Waals surface area contributed by atoms with Crippen molar-refractivity contribution in [3.63, 3.8) is 0 Å². The molecule has 1 fully saturated rings. The van der Waals surface area contributed by atoms with Crippen molar-refractivity contribution in [1.82, 2.24) is 9.55 Å². The molecule has 2 rings (SSSR count). The van der Waals surface area contributed by atoms with E-state index in [-0.39, 0.29) is 16.4 Å². The molecule has 0 amide bonds. The summed E-state index contributed by atoms with van der Waals surface area (Å²) in [7, 11) is 0. The number of nitrogens with zero attached hydrogens (tertiary/aromatic N) is 1. The number of halogens is 1. The lowest BCUT2D eigenvalue weighted by Crippen LogP contribution is -2.38. The molecule has 1 aromatic rings. The summed E-state index contributed by atoms with van der Waals surface area (Å²) in [6.07, 6.45) is 3.91. The Hall–Kier alpha value is -1.03. The standard InChI is InChI=1S/C13H19ClN2O2/c1-3-10-11(14)15-13(18)16(12(10)17)7-9-5-4-8(2)6-9/h8-9H,3-7H2,1-2H3,(H,15,18). The van der Waals surface area contributed by atoms with Crippen molar-refractivity contribution in [3.8, 4) is 0 Å². The van der Waals surface area contributed by atoms with Gasteiger partial charge in [-0.1, -0.05) is 31.9 Å². The van der Waals surface area contributed by atoms with Crippen molar-refractivity contribution in [2.24, 2.45) is 11.8 Å². The average molecular weight is 271 g/mol. The summed E-state index contributed by atoms with van der Waals surface area (Å²) in [6, 6.07) is 0. The van der Waals surface area contributed by atoms with Crippen LogP contribution >= 0.6 is 11.6 Å². The van der Waals surface area contributed by atoms with Gasteiger partial charge in [-0.05, 0) is 31.1 Å². The topological polar surface area (TPSA) is 54.9 Å². The second kappa shape index (κ2) is 5.31. The first kappa shape index (κ1) is 13.4. The van der Waals surface area contributed by atoms with Crippen molar-refractivity contribution >= 4 is 11.6 Å². The Kier molecular flexibility index (Phi) is 3.95. The van der Waals surface area contributed by atoms with Gasteiger partial charge in [0.1, 0.15) is 5.15 Å². The molecule has 0 aliphatic heterocycles. The Morgan fingerprint density at radius 1 is 1.39 bits per heavy atom. The fourth-order valence-corrected chi connectivity index (χ4v) is 3.10. The number of aromatic nitrogens is 2. The lowest BCUT2D eigenvalue weighted by Gasteiger charge is -2.12. The largest absolute Gasteiger partial charge is 0.329 e. The number of nitrogens with one attached hydrogen (secondary N) is 1. The third-order valence-corrected chi connectivity index (χ3v) is 4.15. The van der Waals surface area contributed by atoms with Gasteiger partial charge < -0.3 is 0 Å². The highest BCUT2D eigenvalue weighted by Gasteiger charge is 2.23. The van der Waals surface area contributed by atoms with Crippen LogP contribution in [0.2, 0.25) is 5.15 Å². The van der Waals surface area contributed by atoms with Crippen LogP contribution < -0.4 is 11.2 Å². The van der Waals surface area contributed by atoms with E-state index in [4.69, 9.17) is 11.6 Å². The normalized spacial score (nSPS) is 23.5. The van der Waals surface area contributed by atoms with Crippen molar-refractivity contribution < 1.29 is 0 Å². The zero-order valence-corrected chi connectivity index (χ0v) is 11.6. The van der Waals surface area contributed by atoms with Gasteiger partial charge in [-0.2, -0.15) is 0 Å².